The molecule has 2 aromatic rings. The number of carbonyl (C=O) groups excluding carboxylic acids is 2. The summed E-state index contributed by atoms with van der Waals surface area (Å²) in [5, 5.41) is 11.0. The van der Waals surface area contributed by atoms with Crippen molar-refractivity contribution >= 4 is 17.4 Å². The van der Waals surface area contributed by atoms with Crippen LogP contribution in [0.4, 0.5) is 4.39 Å². The number of ketones is 1. The first-order valence-corrected chi connectivity index (χ1v) is 10.3. The third kappa shape index (κ3) is 3.58. The average Bonchev–Trinajstić information content (AvgIpc) is 3.36. The normalized spacial score (nSPS) is 21.4. The van der Waals surface area contributed by atoms with Crippen LogP contribution in [0.3, 0.4) is 0 Å². The van der Waals surface area contributed by atoms with Gasteiger partial charge >= 0.3 is 0 Å². The second kappa shape index (κ2) is 8.30. The van der Waals surface area contributed by atoms with E-state index in [2.05, 4.69) is 0 Å². The number of ether oxygens (including phenoxy) is 1. The molecule has 2 aliphatic rings. The Labute approximate surface area is 174 Å². The molecule has 6 heteroatoms. The standard InChI is InChI=1S/C24H24FNO4/c1-2-30-19-13-9-16(10-14-19)22(27)20-21(15-7-11-17(25)12-8-15)26(24(29)23(20)28)18-5-3-4-6-18/h7-14,18,21,27H,2-6H2,1H3/b22-20-. The van der Waals surface area contributed by atoms with Crippen LogP contribution in [0.5, 0.6) is 5.75 Å². The number of amides is 1. The topological polar surface area (TPSA) is 66.8 Å². The molecule has 30 heavy (non-hydrogen) atoms. The Balaban J connectivity index is 1.82. The number of benzene rings is 2. The molecular weight excluding hydrogens is 385 g/mol. The molecule has 1 N–H and O–H groups in total. The number of aliphatic hydroxyl groups is 1. The van der Waals surface area contributed by atoms with E-state index in [1.807, 2.05) is 6.92 Å². The number of hydrogen-bond acceptors (Lipinski definition) is 4. The zero-order valence-corrected chi connectivity index (χ0v) is 16.8. The second-order valence-electron chi connectivity index (χ2n) is 7.65. The number of Topliss-reactive ketones (excluding diaryl/α,β-unsaturated/α-hetero) is 1. The molecule has 2 fully saturated rings. The van der Waals surface area contributed by atoms with Crippen molar-refractivity contribution < 1.29 is 23.8 Å². The van der Waals surface area contributed by atoms with E-state index in [9.17, 15) is 19.1 Å². The fraction of sp³-hybridized carbons (Fsp3) is 0.333. The van der Waals surface area contributed by atoms with Crippen LogP contribution in [0.2, 0.25) is 0 Å². The van der Waals surface area contributed by atoms with Crippen LogP contribution in [0, 0.1) is 5.82 Å². The Morgan fingerprint density at radius 3 is 2.30 bits per heavy atom. The molecule has 1 saturated carbocycles. The summed E-state index contributed by atoms with van der Waals surface area (Å²) in [6, 6.07) is 11.7. The molecule has 0 aromatic heterocycles. The van der Waals surface area contributed by atoms with Crippen molar-refractivity contribution in [1.29, 1.82) is 0 Å². The van der Waals surface area contributed by atoms with E-state index in [0.29, 0.717) is 23.5 Å². The highest BCUT2D eigenvalue weighted by molar-refractivity contribution is 6.46. The summed E-state index contributed by atoms with van der Waals surface area (Å²) in [4.78, 5) is 27.6. The van der Waals surface area contributed by atoms with Crippen LogP contribution in [0.1, 0.15) is 49.8 Å². The van der Waals surface area contributed by atoms with Crippen molar-refractivity contribution in [1.82, 2.24) is 4.90 Å². The lowest BCUT2D eigenvalue weighted by Crippen LogP contribution is -2.37. The number of nitrogens with zero attached hydrogens (tertiary/aromatic N) is 1. The minimum Gasteiger partial charge on any atom is -0.507 e. The maximum absolute atomic E-state index is 13.5. The zero-order chi connectivity index (χ0) is 21.3. The lowest BCUT2D eigenvalue weighted by atomic mass is 9.94. The first kappa shape index (κ1) is 20.1. The summed E-state index contributed by atoms with van der Waals surface area (Å²) in [6.45, 7) is 2.39. The van der Waals surface area contributed by atoms with Gasteiger partial charge < -0.3 is 14.7 Å². The summed E-state index contributed by atoms with van der Waals surface area (Å²) in [5.41, 5.74) is 1.08. The molecule has 0 spiro atoms. The molecule has 5 nitrogen and oxygen atoms in total. The van der Waals surface area contributed by atoms with Gasteiger partial charge in [-0.15, -0.1) is 0 Å². The first-order valence-electron chi connectivity index (χ1n) is 10.3. The summed E-state index contributed by atoms with van der Waals surface area (Å²) >= 11 is 0. The monoisotopic (exact) mass is 409 g/mol. The molecule has 2 aromatic carbocycles. The van der Waals surface area contributed by atoms with E-state index >= 15 is 0 Å². The first-order chi connectivity index (χ1) is 14.5. The fourth-order valence-electron chi connectivity index (χ4n) is 4.41. The smallest absolute Gasteiger partial charge is 0.295 e. The van der Waals surface area contributed by atoms with E-state index in [-0.39, 0.29) is 17.4 Å². The van der Waals surface area contributed by atoms with Gasteiger partial charge in [0, 0.05) is 11.6 Å². The average molecular weight is 409 g/mol. The van der Waals surface area contributed by atoms with Gasteiger partial charge in [0.15, 0.2) is 0 Å². The fourth-order valence-corrected chi connectivity index (χ4v) is 4.41. The summed E-state index contributed by atoms with van der Waals surface area (Å²) < 4.78 is 19.0. The lowest BCUT2D eigenvalue weighted by molar-refractivity contribution is -0.141. The molecule has 1 aliphatic carbocycles. The van der Waals surface area contributed by atoms with Gasteiger partial charge in [0.2, 0.25) is 0 Å². The maximum atomic E-state index is 13.5. The van der Waals surface area contributed by atoms with Gasteiger partial charge in [-0.3, -0.25) is 9.59 Å². The van der Waals surface area contributed by atoms with E-state index in [0.717, 1.165) is 25.7 Å². The number of likely N-dealkylation sites (tertiary alicyclic amines) is 1. The summed E-state index contributed by atoms with van der Waals surface area (Å²) in [7, 11) is 0. The van der Waals surface area contributed by atoms with Gasteiger partial charge in [-0.25, -0.2) is 4.39 Å². The predicted molar refractivity (Wildman–Crippen MR) is 110 cm³/mol. The molecule has 156 valence electrons. The predicted octanol–water partition coefficient (Wildman–Crippen LogP) is 4.59. The van der Waals surface area contributed by atoms with Crippen molar-refractivity contribution in [2.45, 2.75) is 44.7 Å². The van der Waals surface area contributed by atoms with E-state index in [4.69, 9.17) is 4.74 Å². The Hall–Kier alpha value is -3.15. The zero-order valence-electron chi connectivity index (χ0n) is 16.8. The van der Waals surface area contributed by atoms with Crippen molar-refractivity contribution in [3.05, 3.63) is 71.0 Å². The molecule has 1 unspecified atom stereocenters. The van der Waals surface area contributed by atoms with Gasteiger partial charge in [-0.05, 0) is 61.7 Å². The largest absolute Gasteiger partial charge is 0.507 e. The Morgan fingerprint density at radius 1 is 1.07 bits per heavy atom. The van der Waals surface area contributed by atoms with Gasteiger partial charge in [0.1, 0.15) is 17.3 Å². The van der Waals surface area contributed by atoms with Gasteiger partial charge in [0.05, 0.1) is 18.2 Å². The molecule has 1 saturated heterocycles. The highest BCUT2D eigenvalue weighted by atomic mass is 19.1. The molecule has 0 radical (unpaired) electrons. The van der Waals surface area contributed by atoms with Crippen molar-refractivity contribution in [3.63, 3.8) is 0 Å². The molecule has 1 atom stereocenters. The van der Waals surface area contributed by atoms with Gasteiger partial charge in [-0.2, -0.15) is 0 Å². The van der Waals surface area contributed by atoms with Crippen LogP contribution in [0.15, 0.2) is 54.1 Å². The third-order valence-corrected chi connectivity index (χ3v) is 5.82. The molecule has 0 bridgehead atoms. The van der Waals surface area contributed by atoms with Crippen LogP contribution in [0.25, 0.3) is 5.76 Å². The summed E-state index contributed by atoms with van der Waals surface area (Å²) in [5.74, 6) is -1.30. The van der Waals surface area contributed by atoms with Crippen molar-refractivity contribution in [2.75, 3.05) is 6.61 Å². The molecule has 4 rings (SSSR count). The van der Waals surface area contributed by atoms with E-state index in [1.54, 1.807) is 41.3 Å². The molecular formula is C24H24FNO4. The Bertz CT molecular complexity index is 975. The number of hydrogen-bond donors (Lipinski definition) is 1. The maximum Gasteiger partial charge on any atom is 0.295 e. The SMILES string of the molecule is CCOc1ccc(/C(O)=C2/C(=O)C(=O)N(C3CCCC3)C2c2ccc(F)cc2)cc1. The molecule has 1 amide bonds. The molecule has 1 aliphatic heterocycles. The molecule has 1 heterocycles. The highest BCUT2D eigenvalue weighted by Crippen LogP contribution is 2.43. The Morgan fingerprint density at radius 2 is 1.70 bits per heavy atom. The number of halogens is 1. The summed E-state index contributed by atoms with van der Waals surface area (Å²) in [6.07, 6.45) is 3.60. The minimum absolute atomic E-state index is 0.0441. The van der Waals surface area contributed by atoms with Gasteiger partial charge in [0.25, 0.3) is 11.7 Å². The van der Waals surface area contributed by atoms with Crippen molar-refractivity contribution in [3.8, 4) is 5.75 Å². The Kier molecular flexibility index (Phi) is 5.57. The number of rotatable bonds is 5. The van der Waals surface area contributed by atoms with E-state index < -0.39 is 23.5 Å². The highest BCUT2D eigenvalue weighted by Gasteiger charge is 2.49. The number of carbonyl (C=O) groups is 2. The third-order valence-electron chi connectivity index (χ3n) is 5.82. The lowest BCUT2D eigenvalue weighted by Gasteiger charge is -2.30. The number of aliphatic hydroxyl groups excluding tert-OH is 1. The van der Waals surface area contributed by atoms with Crippen LogP contribution in [-0.4, -0.2) is 34.3 Å². The minimum atomic E-state index is -0.736. The second-order valence-corrected chi connectivity index (χ2v) is 7.65. The van der Waals surface area contributed by atoms with Crippen molar-refractivity contribution in [2.24, 2.45) is 0 Å². The van der Waals surface area contributed by atoms with Gasteiger partial charge in [-0.1, -0.05) is 25.0 Å². The van der Waals surface area contributed by atoms with Crippen LogP contribution >= 0.6 is 0 Å². The van der Waals surface area contributed by atoms with Crippen LogP contribution < -0.4 is 4.74 Å². The quantitative estimate of drug-likeness (QED) is 0.446. The van der Waals surface area contributed by atoms with Crippen LogP contribution in [-0.2, 0) is 9.59 Å². The van der Waals surface area contributed by atoms with E-state index in [1.165, 1.54) is 12.1 Å².